The van der Waals surface area contributed by atoms with Crippen LogP contribution >= 0.6 is 11.8 Å². The molecule has 0 saturated carbocycles. The molecule has 0 aliphatic rings. The number of hydrogen-bond donors (Lipinski definition) is 1. The highest BCUT2D eigenvalue weighted by Gasteiger charge is 2.09. The fraction of sp³-hybridized carbons (Fsp3) is 0.385. The van der Waals surface area contributed by atoms with Gasteiger partial charge in [-0.1, -0.05) is 12.1 Å². The second-order valence-corrected chi connectivity index (χ2v) is 5.07. The Kier molecular flexibility index (Phi) is 4.68. The first kappa shape index (κ1) is 13.7. The lowest BCUT2D eigenvalue weighted by Crippen LogP contribution is -1.91. The summed E-state index contributed by atoms with van der Waals surface area (Å²) >= 11 is 1.60. The zero-order valence-corrected chi connectivity index (χ0v) is 11.9. The van der Waals surface area contributed by atoms with Gasteiger partial charge in [-0.2, -0.15) is 4.98 Å². The van der Waals surface area contributed by atoms with Crippen LogP contribution in [0.1, 0.15) is 25.1 Å². The summed E-state index contributed by atoms with van der Waals surface area (Å²) in [4.78, 5) is 5.34. The molecule has 1 aromatic heterocycles. The van der Waals surface area contributed by atoms with Gasteiger partial charge in [-0.25, -0.2) is 0 Å². The molecule has 2 N–H and O–H groups in total. The molecule has 102 valence electrons. The van der Waals surface area contributed by atoms with Gasteiger partial charge in [0.15, 0.2) is 5.82 Å². The summed E-state index contributed by atoms with van der Waals surface area (Å²) in [5.74, 6) is 2.81. The van der Waals surface area contributed by atoms with Crippen molar-refractivity contribution < 1.29 is 9.26 Å². The van der Waals surface area contributed by atoms with Crippen molar-refractivity contribution >= 4 is 17.4 Å². The normalized spacial score (nSPS) is 10.6. The smallest absolute Gasteiger partial charge is 0.226 e. The average molecular weight is 279 g/mol. The predicted molar refractivity (Wildman–Crippen MR) is 75.3 cm³/mol. The number of rotatable bonds is 6. The van der Waals surface area contributed by atoms with Gasteiger partial charge in [0.25, 0.3) is 0 Å². The Balaban J connectivity index is 2.01. The fourth-order valence-electron chi connectivity index (χ4n) is 1.61. The van der Waals surface area contributed by atoms with Crippen LogP contribution in [0.2, 0.25) is 0 Å². The number of aryl methyl sites for hydroxylation is 1. The van der Waals surface area contributed by atoms with Gasteiger partial charge in [-0.15, -0.1) is 11.8 Å². The lowest BCUT2D eigenvalue weighted by Gasteiger charge is -2.07. The molecule has 0 saturated heterocycles. The third-order valence-corrected chi connectivity index (χ3v) is 3.57. The van der Waals surface area contributed by atoms with E-state index >= 15 is 0 Å². The molecule has 2 aromatic rings. The minimum absolute atomic E-state index is 0.646. The van der Waals surface area contributed by atoms with E-state index in [9.17, 15) is 0 Å². The number of hydrogen-bond acceptors (Lipinski definition) is 6. The Morgan fingerprint density at radius 2 is 2.26 bits per heavy atom. The van der Waals surface area contributed by atoms with Gasteiger partial charge >= 0.3 is 0 Å². The number of methoxy groups -OCH3 is 1. The Morgan fingerprint density at radius 3 is 3.00 bits per heavy atom. The van der Waals surface area contributed by atoms with Crippen LogP contribution in [0.25, 0.3) is 0 Å². The quantitative estimate of drug-likeness (QED) is 0.647. The zero-order chi connectivity index (χ0) is 13.7. The van der Waals surface area contributed by atoms with Crippen LogP contribution in [0.4, 0.5) is 5.69 Å². The third kappa shape index (κ3) is 3.64. The van der Waals surface area contributed by atoms with Crippen molar-refractivity contribution in [2.24, 2.45) is 0 Å². The number of benzene rings is 1. The minimum atomic E-state index is 0.646. The number of nitrogens with zero attached hydrogens (tertiary/aromatic N) is 2. The number of anilines is 1. The predicted octanol–water partition coefficient (Wildman–Crippen LogP) is 2.91. The zero-order valence-electron chi connectivity index (χ0n) is 11.0. The van der Waals surface area contributed by atoms with E-state index < -0.39 is 0 Å². The van der Waals surface area contributed by atoms with Crippen LogP contribution in [-0.2, 0) is 12.2 Å². The monoisotopic (exact) mass is 279 g/mol. The number of nitrogens with two attached hydrogens (primary N) is 1. The van der Waals surface area contributed by atoms with Crippen molar-refractivity contribution in [1.82, 2.24) is 10.1 Å². The lowest BCUT2D eigenvalue weighted by molar-refractivity contribution is 0.373. The molecule has 0 amide bonds. The largest absolute Gasteiger partial charge is 0.496 e. The van der Waals surface area contributed by atoms with E-state index in [2.05, 4.69) is 17.1 Å². The van der Waals surface area contributed by atoms with Crippen molar-refractivity contribution in [2.45, 2.75) is 30.4 Å². The molecule has 5 nitrogen and oxygen atoms in total. The van der Waals surface area contributed by atoms with Gasteiger partial charge < -0.3 is 15.0 Å². The maximum absolute atomic E-state index is 5.72. The molecule has 2 rings (SSSR count). The average Bonchev–Trinajstić information content (AvgIpc) is 2.85. The summed E-state index contributed by atoms with van der Waals surface area (Å²) in [5, 5.41) is 3.95. The molecular weight excluding hydrogens is 262 g/mol. The molecule has 0 spiro atoms. The number of nitrogen functional groups attached to an aromatic ring is 1. The summed E-state index contributed by atoms with van der Waals surface area (Å²) in [6.45, 7) is 2.08. The summed E-state index contributed by atoms with van der Waals surface area (Å²) in [7, 11) is 1.63. The standard InChI is InChI=1S/C13H17N3O2S/c1-3-4-13-15-12(16-18-13)8-19-11-6-5-9(14)7-10(11)17-2/h5-7H,3-4,8,14H2,1-2H3. The van der Waals surface area contributed by atoms with E-state index in [1.807, 2.05) is 12.1 Å². The van der Waals surface area contributed by atoms with Gasteiger partial charge in [0.05, 0.1) is 12.9 Å². The molecule has 0 radical (unpaired) electrons. The van der Waals surface area contributed by atoms with Crippen LogP contribution < -0.4 is 10.5 Å². The van der Waals surface area contributed by atoms with E-state index in [0.29, 0.717) is 23.2 Å². The Bertz CT molecular complexity index is 542. The van der Waals surface area contributed by atoms with Crippen LogP contribution in [-0.4, -0.2) is 17.3 Å². The molecule has 1 aromatic carbocycles. The Labute approximate surface area is 116 Å². The van der Waals surface area contributed by atoms with E-state index in [1.165, 1.54) is 0 Å². The van der Waals surface area contributed by atoms with E-state index in [4.69, 9.17) is 15.0 Å². The topological polar surface area (TPSA) is 74.2 Å². The van der Waals surface area contributed by atoms with Gasteiger partial charge in [-0.3, -0.25) is 0 Å². The van der Waals surface area contributed by atoms with Crippen molar-refractivity contribution in [3.8, 4) is 5.75 Å². The third-order valence-electron chi connectivity index (χ3n) is 2.52. The molecule has 0 aliphatic carbocycles. The Hall–Kier alpha value is -1.69. The SMILES string of the molecule is CCCc1nc(CSc2ccc(N)cc2OC)no1. The van der Waals surface area contributed by atoms with Gasteiger partial charge in [0, 0.05) is 23.1 Å². The second-order valence-electron chi connectivity index (χ2n) is 4.05. The molecule has 0 fully saturated rings. The van der Waals surface area contributed by atoms with Crippen LogP contribution in [0.3, 0.4) is 0 Å². The molecule has 19 heavy (non-hydrogen) atoms. The van der Waals surface area contributed by atoms with Gasteiger partial charge in [-0.05, 0) is 18.6 Å². The van der Waals surface area contributed by atoms with Crippen molar-refractivity contribution in [3.63, 3.8) is 0 Å². The molecule has 0 aliphatic heterocycles. The molecule has 0 unspecified atom stereocenters. The van der Waals surface area contributed by atoms with E-state index in [0.717, 1.165) is 23.5 Å². The summed E-state index contributed by atoms with van der Waals surface area (Å²) < 4.78 is 10.4. The van der Waals surface area contributed by atoms with Crippen LogP contribution in [0.5, 0.6) is 5.75 Å². The molecule has 1 heterocycles. The van der Waals surface area contributed by atoms with Crippen LogP contribution in [0.15, 0.2) is 27.6 Å². The summed E-state index contributed by atoms with van der Waals surface area (Å²) in [6.07, 6.45) is 1.82. The van der Waals surface area contributed by atoms with E-state index in [1.54, 1.807) is 24.9 Å². The number of aromatic nitrogens is 2. The summed E-state index contributed by atoms with van der Waals surface area (Å²) in [6, 6.07) is 5.59. The van der Waals surface area contributed by atoms with Gasteiger partial charge in [0.2, 0.25) is 5.89 Å². The fourth-order valence-corrected chi connectivity index (χ4v) is 2.46. The van der Waals surface area contributed by atoms with E-state index in [-0.39, 0.29) is 0 Å². The number of thioether (sulfide) groups is 1. The Morgan fingerprint density at radius 1 is 1.42 bits per heavy atom. The van der Waals surface area contributed by atoms with Crippen molar-refractivity contribution in [1.29, 1.82) is 0 Å². The second kappa shape index (κ2) is 6.47. The highest BCUT2D eigenvalue weighted by atomic mass is 32.2. The molecule has 6 heteroatoms. The van der Waals surface area contributed by atoms with Crippen LogP contribution in [0, 0.1) is 0 Å². The molecule has 0 atom stereocenters. The number of ether oxygens (including phenoxy) is 1. The lowest BCUT2D eigenvalue weighted by atomic mass is 10.3. The highest BCUT2D eigenvalue weighted by Crippen LogP contribution is 2.32. The molecular formula is C13H17N3O2S. The first-order chi connectivity index (χ1) is 9.22. The van der Waals surface area contributed by atoms with Gasteiger partial charge in [0.1, 0.15) is 5.75 Å². The summed E-state index contributed by atoms with van der Waals surface area (Å²) in [5.41, 5.74) is 6.40. The first-order valence-corrected chi connectivity index (χ1v) is 7.09. The maximum atomic E-state index is 5.72. The first-order valence-electron chi connectivity index (χ1n) is 6.10. The van der Waals surface area contributed by atoms with Crippen molar-refractivity contribution in [3.05, 3.63) is 29.9 Å². The highest BCUT2D eigenvalue weighted by molar-refractivity contribution is 7.98. The molecule has 0 bridgehead atoms. The minimum Gasteiger partial charge on any atom is -0.496 e. The van der Waals surface area contributed by atoms with Crippen molar-refractivity contribution in [2.75, 3.05) is 12.8 Å². The maximum Gasteiger partial charge on any atom is 0.226 e.